The largest absolute Gasteiger partial charge is 0.504 e. The van der Waals surface area contributed by atoms with Gasteiger partial charge in [-0.05, 0) is 36.8 Å². The zero-order chi connectivity index (χ0) is 17.3. The van der Waals surface area contributed by atoms with Gasteiger partial charge in [-0.15, -0.1) is 10.2 Å². The van der Waals surface area contributed by atoms with E-state index in [9.17, 15) is 15.0 Å². The summed E-state index contributed by atoms with van der Waals surface area (Å²) in [7, 11) is 1.51. The van der Waals surface area contributed by atoms with E-state index in [-0.39, 0.29) is 22.9 Å². The number of hydrogen-bond acceptors (Lipinski definition) is 6. The maximum absolute atomic E-state index is 11.4. The van der Waals surface area contributed by atoms with Crippen molar-refractivity contribution in [1.82, 2.24) is 9.38 Å². The van der Waals surface area contributed by atoms with Gasteiger partial charge in [0.05, 0.1) is 7.11 Å². The third-order valence-corrected chi connectivity index (χ3v) is 3.39. The summed E-state index contributed by atoms with van der Waals surface area (Å²) in [5.41, 5.74) is 1.22. The molecule has 2 N–H and O–H groups in total. The number of aromatic nitrogens is 2. The Bertz CT molecular complexity index is 962. The van der Waals surface area contributed by atoms with Crippen LogP contribution in [0.25, 0.3) is 5.65 Å². The number of fused-ring (bicyclic) bond motifs is 1. The van der Waals surface area contributed by atoms with Crippen molar-refractivity contribution < 1.29 is 19.7 Å². The number of pyridine rings is 1. The van der Waals surface area contributed by atoms with Gasteiger partial charge in [0.2, 0.25) is 0 Å². The fourth-order valence-corrected chi connectivity index (χ4v) is 2.26. The second-order valence-electron chi connectivity index (χ2n) is 5.05. The first-order valence-corrected chi connectivity index (χ1v) is 7.01. The van der Waals surface area contributed by atoms with Crippen molar-refractivity contribution in [3.05, 3.63) is 47.8 Å². The average Bonchev–Trinajstić information content (AvgIpc) is 2.93. The van der Waals surface area contributed by atoms with Gasteiger partial charge in [0.25, 0.3) is 0 Å². The number of azo groups is 1. The molecule has 8 heteroatoms. The fourth-order valence-electron chi connectivity index (χ4n) is 2.26. The molecule has 0 amide bonds. The number of carboxylic acids is 1. The van der Waals surface area contributed by atoms with Gasteiger partial charge in [0.15, 0.2) is 22.9 Å². The SMILES string of the molecule is COc1ccc(C)cc1N=Nc1c(C(=O)O)nc2c(O)cccn12. The molecule has 0 spiro atoms. The van der Waals surface area contributed by atoms with Crippen LogP contribution in [-0.2, 0) is 0 Å². The highest BCUT2D eigenvalue weighted by Crippen LogP contribution is 2.32. The Balaban J connectivity index is 2.16. The molecule has 0 saturated heterocycles. The Hall–Kier alpha value is -3.42. The number of benzene rings is 1. The van der Waals surface area contributed by atoms with Gasteiger partial charge in [-0.2, -0.15) is 0 Å². The van der Waals surface area contributed by atoms with E-state index in [4.69, 9.17) is 4.74 Å². The van der Waals surface area contributed by atoms with Gasteiger partial charge in [-0.1, -0.05) is 6.07 Å². The van der Waals surface area contributed by atoms with Crippen LogP contribution in [0.3, 0.4) is 0 Å². The van der Waals surface area contributed by atoms with Gasteiger partial charge in [0.1, 0.15) is 11.4 Å². The van der Waals surface area contributed by atoms with Crippen LogP contribution >= 0.6 is 0 Å². The standard InChI is InChI=1S/C16H14N4O4/c1-9-5-6-12(24-2)10(8-9)18-19-15-13(16(22)23)17-14-11(21)4-3-7-20(14)15/h3-8,21H,1-2H3,(H,22,23). The zero-order valence-corrected chi connectivity index (χ0v) is 13.0. The molecule has 0 aliphatic carbocycles. The van der Waals surface area contributed by atoms with Crippen LogP contribution in [0.4, 0.5) is 11.5 Å². The number of nitrogens with zero attached hydrogens (tertiary/aromatic N) is 4. The maximum Gasteiger partial charge on any atom is 0.358 e. The van der Waals surface area contributed by atoms with Crippen LogP contribution in [0, 0.1) is 6.92 Å². The van der Waals surface area contributed by atoms with Gasteiger partial charge in [-0.3, -0.25) is 4.40 Å². The van der Waals surface area contributed by atoms with Crippen molar-refractivity contribution in [1.29, 1.82) is 0 Å². The Morgan fingerprint density at radius 2 is 2.08 bits per heavy atom. The molecule has 0 aliphatic heterocycles. The van der Waals surface area contributed by atoms with Crippen LogP contribution in [0.1, 0.15) is 16.1 Å². The minimum absolute atomic E-state index is 0.0111. The number of hydrogen-bond donors (Lipinski definition) is 2. The smallest absolute Gasteiger partial charge is 0.358 e. The normalized spacial score (nSPS) is 11.2. The summed E-state index contributed by atoms with van der Waals surface area (Å²) in [6, 6.07) is 8.36. The topological polar surface area (TPSA) is 109 Å². The third-order valence-electron chi connectivity index (χ3n) is 3.39. The molecule has 3 aromatic rings. The average molecular weight is 326 g/mol. The number of rotatable bonds is 4. The second-order valence-corrected chi connectivity index (χ2v) is 5.05. The van der Waals surface area contributed by atoms with E-state index in [0.717, 1.165) is 5.56 Å². The molecular weight excluding hydrogens is 312 g/mol. The Labute approximate surface area is 136 Å². The van der Waals surface area contributed by atoms with E-state index in [1.54, 1.807) is 24.4 Å². The quantitative estimate of drug-likeness (QED) is 0.713. The predicted molar refractivity (Wildman–Crippen MR) is 85.7 cm³/mol. The van der Waals surface area contributed by atoms with E-state index >= 15 is 0 Å². The van der Waals surface area contributed by atoms with Crippen molar-refractivity contribution in [3.63, 3.8) is 0 Å². The number of ether oxygens (including phenoxy) is 1. The van der Waals surface area contributed by atoms with Crippen molar-refractivity contribution >= 4 is 23.1 Å². The number of carbonyl (C=O) groups is 1. The van der Waals surface area contributed by atoms with Crippen molar-refractivity contribution in [3.8, 4) is 11.5 Å². The molecule has 0 aliphatic rings. The summed E-state index contributed by atoms with van der Waals surface area (Å²) in [6.45, 7) is 1.90. The molecule has 122 valence electrons. The molecule has 0 unspecified atom stereocenters. The molecule has 2 heterocycles. The number of aromatic hydroxyl groups is 1. The second kappa shape index (κ2) is 5.99. The highest BCUT2D eigenvalue weighted by atomic mass is 16.5. The summed E-state index contributed by atoms with van der Waals surface area (Å²) < 4.78 is 6.59. The number of aryl methyl sites for hydroxylation is 1. The first-order chi connectivity index (χ1) is 11.5. The van der Waals surface area contributed by atoms with Crippen molar-refractivity contribution in [2.45, 2.75) is 6.92 Å². The summed E-state index contributed by atoms with van der Waals surface area (Å²) in [4.78, 5) is 15.3. The zero-order valence-electron chi connectivity index (χ0n) is 13.0. The first kappa shape index (κ1) is 15.5. The lowest BCUT2D eigenvalue weighted by molar-refractivity contribution is 0.0692. The van der Waals surface area contributed by atoms with Crippen LogP contribution in [0.5, 0.6) is 11.5 Å². The fraction of sp³-hybridized carbons (Fsp3) is 0.125. The lowest BCUT2D eigenvalue weighted by Gasteiger charge is -2.04. The van der Waals surface area contributed by atoms with Crippen molar-refractivity contribution in [2.75, 3.05) is 7.11 Å². The highest BCUT2D eigenvalue weighted by molar-refractivity contribution is 5.92. The molecule has 0 bridgehead atoms. The molecule has 0 radical (unpaired) electrons. The number of imidazole rings is 1. The number of methoxy groups -OCH3 is 1. The highest BCUT2D eigenvalue weighted by Gasteiger charge is 2.20. The van der Waals surface area contributed by atoms with Crippen LogP contribution in [0.15, 0.2) is 46.8 Å². The van der Waals surface area contributed by atoms with E-state index < -0.39 is 5.97 Å². The summed E-state index contributed by atoms with van der Waals surface area (Å²) >= 11 is 0. The molecular formula is C16H14N4O4. The lowest BCUT2D eigenvalue weighted by Crippen LogP contribution is -1.96. The van der Waals surface area contributed by atoms with Crippen molar-refractivity contribution in [2.24, 2.45) is 10.2 Å². The van der Waals surface area contributed by atoms with Gasteiger partial charge in [-0.25, -0.2) is 9.78 Å². The van der Waals surface area contributed by atoms with Gasteiger partial charge < -0.3 is 14.9 Å². The molecule has 8 nitrogen and oxygen atoms in total. The summed E-state index contributed by atoms with van der Waals surface area (Å²) in [5, 5.41) is 27.3. The predicted octanol–water partition coefficient (Wildman–Crippen LogP) is 3.47. The maximum atomic E-state index is 11.4. The number of carboxylic acid groups (broad SMARTS) is 1. The molecule has 0 atom stereocenters. The van der Waals surface area contributed by atoms with Crippen LogP contribution in [-0.4, -0.2) is 32.7 Å². The third kappa shape index (κ3) is 2.65. The lowest BCUT2D eigenvalue weighted by atomic mass is 10.2. The Kier molecular flexibility index (Phi) is 3.87. The van der Waals surface area contributed by atoms with E-state index in [1.165, 1.54) is 17.6 Å². The summed E-state index contributed by atoms with van der Waals surface area (Å²) in [6.07, 6.45) is 1.55. The van der Waals surface area contributed by atoms with E-state index in [2.05, 4.69) is 15.2 Å². The molecule has 24 heavy (non-hydrogen) atoms. The molecule has 0 fully saturated rings. The molecule has 0 saturated carbocycles. The number of aromatic carboxylic acids is 1. The van der Waals surface area contributed by atoms with Gasteiger partial charge >= 0.3 is 5.97 Å². The van der Waals surface area contributed by atoms with Crippen LogP contribution in [0.2, 0.25) is 0 Å². The molecule has 3 rings (SSSR count). The Morgan fingerprint density at radius 1 is 1.29 bits per heavy atom. The minimum Gasteiger partial charge on any atom is -0.504 e. The summed E-state index contributed by atoms with van der Waals surface area (Å²) in [5.74, 6) is -0.882. The van der Waals surface area contributed by atoms with E-state index in [0.29, 0.717) is 11.4 Å². The van der Waals surface area contributed by atoms with E-state index in [1.807, 2.05) is 13.0 Å². The van der Waals surface area contributed by atoms with Gasteiger partial charge in [0, 0.05) is 6.20 Å². The molecule has 1 aromatic carbocycles. The van der Waals surface area contributed by atoms with Crippen LogP contribution < -0.4 is 4.74 Å². The Morgan fingerprint density at radius 3 is 2.79 bits per heavy atom. The first-order valence-electron chi connectivity index (χ1n) is 7.01. The molecule has 2 aromatic heterocycles. The monoisotopic (exact) mass is 326 g/mol. The minimum atomic E-state index is -1.26.